The van der Waals surface area contributed by atoms with Crippen molar-refractivity contribution in [2.45, 2.75) is 39.2 Å². The van der Waals surface area contributed by atoms with Crippen molar-refractivity contribution >= 4 is 0 Å². The molecule has 0 spiro atoms. The average Bonchev–Trinajstić information content (AvgIpc) is 2.46. The zero-order valence-corrected chi connectivity index (χ0v) is 13.5. The van der Waals surface area contributed by atoms with Crippen LogP contribution in [0.15, 0.2) is 0 Å². The third kappa shape index (κ3) is 14.2. The van der Waals surface area contributed by atoms with Crippen molar-refractivity contribution in [2.75, 3.05) is 59.9 Å². The topological polar surface area (TPSA) is 49.0 Å². The minimum atomic E-state index is 0.470. The van der Waals surface area contributed by atoms with E-state index < -0.39 is 0 Å². The van der Waals surface area contributed by atoms with E-state index in [0.29, 0.717) is 45.7 Å². The molecule has 0 aliphatic rings. The van der Waals surface area contributed by atoms with Gasteiger partial charge < -0.3 is 24.3 Å². The fourth-order valence-electron chi connectivity index (χ4n) is 1.75. The second-order valence-corrected chi connectivity index (χ2v) is 4.73. The van der Waals surface area contributed by atoms with Crippen LogP contribution in [-0.2, 0) is 18.9 Å². The van der Waals surface area contributed by atoms with Crippen molar-refractivity contribution < 1.29 is 18.9 Å². The number of rotatable bonds is 16. The highest BCUT2D eigenvalue weighted by Gasteiger charge is 2.05. The van der Waals surface area contributed by atoms with Crippen LogP contribution in [0.25, 0.3) is 0 Å². The first-order valence-corrected chi connectivity index (χ1v) is 7.80. The second-order valence-electron chi connectivity index (χ2n) is 4.73. The zero-order valence-electron chi connectivity index (χ0n) is 13.5. The molecule has 1 N–H and O–H groups in total. The van der Waals surface area contributed by atoms with Crippen LogP contribution < -0.4 is 5.32 Å². The predicted molar refractivity (Wildman–Crippen MR) is 81.3 cm³/mol. The van der Waals surface area contributed by atoms with E-state index in [2.05, 4.69) is 19.2 Å². The van der Waals surface area contributed by atoms with Crippen molar-refractivity contribution in [3.05, 3.63) is 0 Å². The van der Waals surface area contributed by atoms with Crippen LogP contribution in [0, 0.1) is 0 Å². The van der Waals surface area contributed by atoms with Crippen molar-refractivity contribution in [2.24, 2.45) is 0 Å². The lowest BCUT2D eigenvalue weighted by atomic mass is 10.2. The molecule has 1 unspecified atom stereocenters. The second kappa shape index (κ2) is 16.9. The van der Waals surface area contributed by atoms with Gasteiger partial charge in [-0.2, -0.15) is 0 Å². The van der Waals surface area contributed by atoms with E-state index in [1.54, 1.807) is 7.11 Å². The molecule has 5 heteroatoms. The van der Waals surface area contributed by atoms with Gasteiger partial charge in [-0.15, -0.1) is 0 Å². The lowest BCUT2D eigenvalue weighted by molar-refractivity contribution is 0.000517. The first-order valence-electron chi connectivity index (χ1n) is 7.80. The Morgan fingerprint density at radius 1 is 0.800 bits per heavy atom. The van der Waals surface area contributed by atoms with Gasteiger partial charge in [-0.25, -0.2) is 0 Å². The summed E-state index contributed by atoms with van der Waals surface area (Å²) in [6.07, 6.45) is 3.50. The fraction of sp³-hybridized carbons (Fsp3) is 1.00. The summed E-state index contributed by atoms with van der Waals surface area (Å²) in [6, 6.07) is 0.470. The number of methoxy groups -OCH3 is 1. The number of hydrogen-bond donors (Lipinski definition) is 1. The highest BCUT2D eigenvalue weighted by molar-refractivity contribution is 4.64. The van der Waals surface area contributed by atoms with Crippen LogP contribution >= 0.6 is 0 Å². The summed E-state index contributed by atoms with van der Waals surface area (Å²) in [5.41, 5.74) is 0. The Morgan fingerprint density at radius 2 is 1.40 bits per heavy atom. The summed E-state index contributed by atoms with van der Waals surface area (Å²) in [4.78, 5) is 0. The minimum Gasteiger partial charge on any atom is -0.382 e. The SMILES string of the molecule is CCCNC(CCC)COCCOCCOCCOC. The highest BCUT2D eigenvalue weighted by Crippen LogP contribution is 1.98. The Kier molecular flexibility index (Phi) is 16.7. The van der Waals surface area contributed by atoms with Gasteiger partial charge in [0.05, 0.1) is 46.2 Å². The molecular formula is C15H33NO4. The van der Waals surface area contributed by atoms with Gasteiger partial charge in [0.1, 0.15) is 0 Å². The van der Waals surface area contributed by atoms with E-state index >= 15 is 0 Å². The summed E-state index contributed by atoms with van der Waals surface area (Å²) in [5.74, 6) is 0. The molecule has 5 nitrogen and oxygen atoms in total. The fourth-order valence-corrected chi connectivity index (χ4v) is 1.75. The van der Waals surface area contributed by atoms with E-state index in [1.165, 1.54) is 6.42 Å². The number of hydrogen-bond acceptors (Lipinski definition) is 5. The van der Waals surface area contributed by atoms with E-state index in [0.717, 1.165) is 26.0 Å². The standard InChI is InChI=1S/C15H33NO4/c1-4-6-15(16-7-5-2)14-20-13-12-19-11-10-18-9-8-17-3/h15-16H,4-14H2,1-3H3. The van der Waals surface area contributed by atoms with E-state index in [9.17, 15) is 0 Å². The van der Waals surface area contributed by atoms with Crippen LogP contribution in [0.2, 0.25) is 0 Å². The van der Waals surface area contributed by atoms with Gasteiger partial charge in [-0.05, 0) is 19.4 Å². The Morgan fingerprint density at radius 3 is 1.95 bits per heavy atom. The molecule has 0 bridgehead atoms. The molecule has 0 saturated heterocycles. The maximum atomic E-state index is 5.64. The average molecular weight is 291 g/mol. The summed E-state index contributed by atoms with van der Waals surface area (Å²) >= 11 is 0. The summed E-state index contributed by atoms with van der Waals surface area (Å²) < 4.78 is 21.2. The lowest BCUT2D eigenvalue weighted by Gasteiger charge is -2.17. The normalized spacial score (nSPS) is 12.8. The molecule has 1 atom stereocenters. The summed E-state index contributed by atoms with van der Waals surface area (Å²) in [7, 11) is 1.67. The molecule has 0 radical (unpaired) electrons. The van der Waals surface area contributed by atoms with E-state index in [-0.39, 0.29) is 0 Å². The van der Waals surface area contributed by atoms with Crippen LogP contribution in [-0.4, -0.2) is 65.9 Å². The first-order chi connectivity index (χ1) is 9.85. The third-order valence-corrected chi connectivity index (χ3v) is 2.81. The summed E-state index contributed by atoms with van der Waals surface area (Å²) in [5, 5.41) is 3.50. The van der Waals surface area contributed by atoms with Gasteiger partial charge in [0, 0.05) is 13.2 Å². The van der Waals surface area contributed by atoms with Gasteiger partial charge in [-0.3, -0.25) is 0 Å². The van der Waals surface area contributed by atoms with Crippen LogP contribution in [0.1, 0.15) is 33.1 Å². The predicted octanol–water partition coefficient (Wildman–Crippen LogP) is 1.85. The first kappa shape index (κ1) is 19.8. The number of ether oxygens (including phenoxy) is 4. The van der Waals surface area contributed by atoms with E-state index in [1.807, 2.05) is 0 Å². The Labute approximate surface area is 124 Å². The maximum Gasteiger partial charge on any atom is 0.0701 e. The van der Waals surface area contributed by atoms with Crippen LogP contribution in [0.3, 0.4) is 0 Å². The van der Waals surface area contributed by atoms with Gasteiger partial charge >= 0.3 is 0 Å². The van der Waals surface area contributed by atoms with Crippen molar-refractivity contribution in [3.63, 3.8) is 0 Å². The molecule has 0 aromatic rings. The smallest absolute Gasteiger partial charge is 0.0701 e. The number of nitrogens with one attached hydrogen (secondary N) is 1. The van der Waals surface area contributed by atoms with Crippen LogP contribution in [0.5, 0.6) is 0 Å². The van der Waals surface area contributed by atoms with Gasteiger partial charge in [0.15, 0.2) is 0 Å². The highest BCUT2D eigenvalue weighted by atomic mass is 16.6. The third-order valence-electron chi connectivity index (χ3n) is 2.81. The molecule has 0 aromatic carbocycles. The van der Waals surface area contributed by atoms with Gasteiger partial charge in [-0.1, -0.05) is 20.3 Å². The Hall–Kier alpha value is -0.200. The quantitative estimate of drug-likeness (QED) is 0.440. The van der Waals surface area contributed by atoms with Crippen molar-refractivity contribution in [3.8, 4) is 0 Å². The Balaban J connectivity index is 3.27. The zero-order chi connectivity index (χ0) is 14.9. The molecule has 0 aliphatic carbocycles. The van der Waals surface area contributed by atoms with Crippen LogP contribution in [0.4, 0.5) is 0 Å². The molecule has 0 aromatic heterocycles. The molecule has 0 heterocycles. The van der Waals surface area contributed by atoms with Gasteiger partial charge in [0.25, 0.3) is 0 Å². The molecule has 20 heavy (non-hydrogen) atoms. The van der Waals surface area contributed by atoms with E-state index in [4.69, 9.17) is 18.9 Å². The molecule has 0 saturated carbocycles. The molecule has 0 aliphatic heterocycles. The minimum absolute atomic E-state index is 0.470. The Bertz CT molecular complexity index is 181. The molecule has 0 amide bonds. The summed E-state index contributed by atoms with van der Waals surface area (Å²) in [6.45, 7) is 9.95. The lowest BCUT2D eigenvalue weighted by Crippen LogP contribution is -2.34. The van der Waals surface area contributed by atoms with Crippen molar-refractivity contribution in [1.82, 2.24) is 5.32 Å². The van der Waals surface area contributed by atoms with Gasteiger partial charge in [0.2, 0.25) is 0 Å². The molecule has 0 rings (SSSR count). The largest absolute Gasteiger partial charge is 0.382 e. The molecule has 0 fully saturated rings. The maximum absolute atomic E-state index is 5.64. The monoisotopic (exact) mass is 291 g/mol. The van der Waals surface area contributed by atoms with Crippen molar-refractivity contribution in [1.29, 1.82) is 0 Å². The molecular weight excluding hydrogens is 258 g/mol. The molecule has 122 valence electrons.